The van der Waals surface area contributed by atoms with Gasteiger partial charge in [-0.2, -0.15) is 0 Å². The predicted octanol–water partition coefficient (Wildman–Crippen LogP) is 4.48. The Morgan fingerprint density at radius 1 is 1.38 bits per heavy atom. The minimum absolute atomic E-state index is 0.604. The topological polar surface area (TPSA) is 19.9 Å². The average molecular weight is 307 g/mol. The fourth-order valence-corrected chi connectivity index (χ4v) is 2.48. The van der Waals surface area contributed by atoms with Gasteiger partial charge in [-0.15, -0.1) is 0 Å². The molecule has 13 heavy (non-hydrogen) atoms. The summed E-state index contributed by atoms with van der Waals surface area (Å²) >= 11 is 6.74. The number of hydrogen-bond donors (Lipinski definition) is 0. The van der Waals surface area contributed by atoms with Gasteiger partial charge in [-0.1, -0.05) is 51.3 Å². The minimum Gasteiger partial charge on any atom is -0.228 e. The molecule has 0 spiro atoms. The van der Waals surface area contributed by atoms with E-state index < -0.39 is 6.10 Å². The summed E-state index contributed by atoms with van der Waals surface area (Å²) in [6, 6.07) is 5.69. The molecule has 1 radical (unpaired) electrons. The third kappa shape index (κ3) is 3.08. The van der Waals surface area contributed by atoms with E-state index in [-0.39, 0.29) is 0 Å². The van der Waals surface area contributed by atoms with Gasteiger partial charge in [0.05, 0.1) is 0 Å². The molecule has 1 nitrogen and oxygen atoms in total. The highest BCUT2D eigenvalue weighted by molar-refractivity contribution is 9.11. The smallest absolute Gasteiger partial charge is 0.119 e. The van der Waals surface area contributed by atoms with Crippen LogP contribution in [0.5, 0.6) is 0 Å². The zero-order chi connectivity index (χ0) is 9.84. The first-order valence-corrected chi connectivity index (χ1v) is 5.84. The first-order valence-electron chi connectivity index (χ1n) is 4.26. The molecule has 0 aliphatic carbocycles. The summed E-state index contributed by atoms with van der Waals surface area (Å²) < 4.78 is 1.89. The SMILES string of the molecule is CCCC([O])c1ccc(Br)cc1Br. The van der Waals surface area contributed by atoms with Crippen LogP contribution in [0.3, 0.4) is 0 Å². The summed E-state index contributed by atoms with van der Waals surface area (Å²) in [5.41, 5.74) is 0.852. The summed E-state index contributed by atoms with van der Waals surface area (Å²) in [7, 11) is 0. The first kappa shape index (κ1) is 11.2. The van der Waals surface area contributed by atoms with Crippen molar-refractivity contribution in [3.8, 4) is 0 Å². The van der Waals surface area contributed by atoms with Crippen molar-refractivity contribution in [2.75, 3.05) is 0 Å². The Morgan fingerprint density at radius 3 is 2.62 bits per heavy atom. The van der Waals surface area contributed by atoms with E-state index in [0.717, 1.165) is 20.9 Å². The van der Waals surface area contributed by atoms with Gasteiger partial charge in [-0.25, -0.2) is 5.11 Å². The number of rotatable bonds is 3. The van der Waals surface area contributed by atoms with Gasteiger partial charge in [-0.05, 0) is 24.1 Å². The maximum Gasteiger partial charge on any atom is 0.119 e. The molecular weight excluding hydrogens is 296 g/mol. The Labute approximate surface area is 95.4 Å². The van der Waals surface area contributed by atoms with Gasteiger partial charge in [0.15, 0.2) is 0 Å². The third-order valence-corrected chi connectivity index (χ3v) is 3.04. The molecule has 0 N–H and O–H groups in total. The molecule has 0 fully saturated rings. The summed E-state index contributed by atoms with van der Waals surface area (Å²) in [5, 5.41) is 11.6. The van der Waals surface area contributed by atoms with Crippen LogP contribution in [-0.4, -0.2) is 0 Å². The van der Waals surface area contributed by atoms with Crippen molar-refractivity contribution in [3.05, 3.63) is 32.7 Å². The quantitative estimate of drug-likeness (QED) is 0.784. The van der Waals surface area contributed by atoms with Gasteiger partial charge >= 0.3 is 0 Å². The molecule has 0 bridgehead atoms. The lowest BCUT2D eigenvalue weighted by Gasteiger charge is -2.09. The second-order valence-corrected chi connectivity index (χ2v) is 4.71. The molecule has 3 heteroatoms. The lowest BCUT2D eigenvalue weighted by atomic mass is 10.1. The zero-order valence-corrected chi connectivity index (χ0v) is 10.6. The van der Waals surface area contributed by atoms with Gasteiger partial charge in [0.2, 0.25) is 0 Å². The van der Waals surface area contributed by atoms with Crippen molar-refractivity contribution in [1.29, 1.82) is 0 Å². The van der Waals surface area contributed by atoms with E-state index in [4.69, 9.17) is 0 Å². The molecule has 0 saturated heterocycles. The summed E-state index contributed by atoms with van der Waals surface area (Å²) in [4.78, 5) is 0. The summed E-state index contributed by atoms with van der Waals surface area (Å²) in [6.45, 7) is 2.03. The number of hydrogen-bond acceptors (Lipinski definition) is 0. The van der Waals surface area contributed by atoms with Crippen LogP contribution in [0.4, 0.5) is 0 Å². The molecule has 1 aromatic carbocycles. The molecule has 0 amide bonds. The molecule has 71 valence electrons. The maximum absolute atomic E-state index is 11.6. The molecule has 0 aliphatic rings. The van der Waals surface area contributed by atoms with Gasteiger partial charge in [0, 0.05) is 8.95 Å². The maximum atomic E-state index is 11.6. The van der Waals surface area contributed by atoms with E-state index in [1.165, 1.54) is 0 Å². The predicted molar refractivity (Wildman–Crippen MR) is 60.2 cm³/mol. The van der Waals surface area contributed by atoms with Crippen molar-refractivity contribution in [2.45, 2.75) is 25.9 Å². The van der Waals surface area contributed by atoms with Crippen molar-refractivity contribution in [2.24, 2.45) is 0 Å². The molecule has 0 aromatic heterocycles. The Balaban J connectivity index is 2.88. The molecule has 1 unspecified atom stereocenters. The molecule has 0 saturated carbocycles. The number of benzene rings is 1. The van der Waals surface area contributed by atoms with Crippen LogP contribution in [-0.2, 0) is 5.11 Å². The second-order valence-electron chi connectivity index (χ2n) is 2.94. The third-order valence-electron chi connectivity index (χ3n) is 1.86. The van der Waals surface area contributed by atoms with Crippen LogP contribution in [0.25, 0.3) is 0 Å². The van der Waals surface area contributed by atoms with E-state index in [0.29, 0.717) is 6.42 Å². The standard InChI is InChI=1S/C10H11Br2O/c1-2-3-10(13)8-5-4-7(11)6-9(8)12/h4-6,10H,2-3H2,1H3. The highest BCUT2D eigenvalue weighted by atomic mass is 79.9. The van der Waals surface area contributed by atoms with Gasteiger partial charge in [0.1, 0.15) is 6.10 Å². The molecule has 0 heterocycles. The lowest BCUT2D eigenvalue weighted by Crippen LogP contribution is -1.95. The normalized spacial score (nSPS) is 12.9. The molecule has 0 aliphatic heterocycles. The summed E-state index contributed by atoms with van der Waals surface area (Å²) in [5.74, 6) is 0. The second kappa shape index (κ2) is 5.13. The average Bonchev–Trinajstić information content (AvgIpc) is 2.04. The van der Waals surface area contributed by atoms with Gasteiger partial charge in [-0.3, -0.25) is 0 Å². The Bertz CT molecular complexity index is 286. The summed E-state index contributed by atoms with van der Waals surface area (Å²) in [6.07, 6.45) is 1.02. The first-order chi connectivity index (χ1) is 6.15. The van der Waals surface area contributed by atoms with E-state index in [9.17, 15) is 5.11 Å². The van der Waals surface area contributed by atoms with Crippen LogP contribution in [0, 0.1) is 0 Å². The van der Waals surface area contributed by atoms with E-state index in [1.807, 2.05) is 25.1 Å². The van der Waals surface area contributed by atoms with E-state index >= 15 is 0 Å². The monoisotopic (exact) mass is 305 g/mol. The van der Waals surface area contributed by atoms with Crippen molar-refractivity contribution >= 4 is 31.9 Å². The zero-order valence-electron chi connectivity index (χ0n) is 7.39. The van der Waals surface area contributed by atoms with Crippen molar-refractivity contribution < 1.29 is 5.11 Å². The van der Waals surface area contributed by atoms with Crippen LogP contribution in [0.15, 0.2) is 27.1 Å². The minimum atomic E-state index is -0.604. The molecule has 1 rings (SSSR count). The largest absolute Gasteiger partial charge is 0.228 e. The molecule has 1 atom stereocenters. The molecular formula is C10H11Br2O. The molecule has 1 aromatic rings. The lowest BCUT2D eigenvalue weighted by molar-refractivity contribution is 0.0799. The number of halogens is 2. The van der Waals surface area contributed by atoms with Crippen molar-refractivity contribution in [3.63, 3.8) is 0 Å². The fourth-order valence-electron chi connectivity index (χ4n) is 1.18. The Morgan fingerprint density at radius 2 is 2.08 bits per heavy atom. The highest BCUT2D eigenvalue weighted by Crippen LogP contribution is 2.29. The van der Waals surface area contributed by atoms with E-state index in [2.05, 4.69) is 31.9 Å². The van der Waals surface area contributed by atoms with E-state index in [1.54, 1.807) is 0 Å². The Kier molecular flexibility index (Phi) is 4.42. The van der Waals surface area contributed by atoms with Gasteiger partial charge < -0.3 is 0 Å². The van der Waals surface area contributed by atoms with Crippen LogP contribution in [0.2, 0.25) is 0 Å². The van der Waals surface area contributed by atoms with Crippen LogP contribution >= 0.6 is 31.9 Å². The van der Waals surface area contributed by atoms with Crippen molar-refractivity contribution in [1.82, 2.24) is 0 Å². The van der Waals surface area contributed by atoms with Gasteiger partial charge in [0.25, 0.3) is 0 Å². The Hall–Kier alpha value is 0.140. The fraction of sp³-hybridized carbons (Fsp3) is 0.400. The van der Waals surface area contributed by atoms with Crippen LogP contribution < -0.4 is 0 Å². The van der Waals surface area contributed by atoms with Crippen LogP contribution in [0.1, 0.15) is 31.4 Å². The highest BCUT2D eigenvalue weighted by Gasteiger charge is 2.11.